The first-order valence-corrected chi connectivity index (χ1v) is 8.24. The summed E-state index contributed by atoms with van der Waals surface area (Å²) in [5, 5.41) is 6.36. The second kappa shape index (κ2) is 9.45. The summed E-state index contributed by atoms with van der Waals surface area (Å²) in [6.45, 7) is 3.18. The maximum absolute atomic E-state index is 12.1. The molecule has 1 aromatic heterocycles. The Kier molecular flexibility index (Phi) is 7.30. The third-order valence-corrected chi connectivity index (χ3v) is 3.47. The first-order chi connectivity index (χ1) is 12.0. The number of halogens is 3. The maximum atomic E-state index is 12.1. The molecule has 25 heavy (non-hydrogen) atoms. The minimum Gasteiger partial charge on any atom is -0.468 e. The summed E-state index contributed by atoms with van der Waals surface area (Å²) in [4.78, 5) is 8.30. The lowest BCUT2D eigenvalue weighted by Crippen LogP contribution is -2.41. The number of hydrogen-bond donors (Lipinski definition) is 2. The fourth-order valence-electron chi connectivity index (χ4n) is 2.27. The van der Waals surface area contributed by atoms with Gasteiger partial charge < -0.3 is 20.1 Å². The van der Waals surface area contributed by atoms with Gasteiger partial charge in [0, 0.05) is 32.0 Å². The van der Waals surface area contributed by atoms with Gasteiger partial charge in [-0.3, -0.25) is 0 Å². The molecule has 1 aliphatic rings. The van der Waals surface area contributed by atoms with Crippen molar-refractivity contribution in [3.63, 3.8) is 0 Å². The van der Waals surface area contributed by atoms with E-state index in [9.17, 15) is 13.2 Å². The van der Waals surface area contributed by atoms with Crippen molar-refractivity contribution in [1.82, 2.24) is 15.6 Å². The Morgan fingerprint density at radius 1 is 1.40 bits per heavy atom. The highest BCUT2D eigenvalue weighted by Crippen LogP contribution is 2.17. The lowest BCUT2D eigenvalue weighted by molar-refractivity contribution is -0.154. The van der Waals surface area contributed by atoms with E-state index in [1.54, 1.807) is 6.07 Å². The van der Waals surface area contributed by atoms with Gasteiger partial charge in [0.25, 0.3) is 0 Å². The Morgan fingerprint density at radius 3 is 2.84 bits per heavy atom. The molecule has 1 aliphatic heterocycles. The lowest BCUT2D eigenvalue weighted by Gasteiger charge is -2.14. The second-order valence-corrected chi connectivity index (χ2v) is 5.62. The summed E-state index contributed by atoms with van der Waals surface area (Å²) in [5.74, 6) is 0.601. The smallest absolute Gasteiger partial charge is 0.422 e. The molecule has 1 aromatic rings. The predicted molar refractivity (Wildman–Crippen MR) is 87.6 cm³/mol. The number of alkyl halides is 3. The Labute approximate surface area is 144 Å². The molecule has 0 amide bonds. The molecule has 9 heteroatoms. The van der Waals surface area contributed by atoms with E-state index in [4.69, 9.17) is 4.74 Å². The van der Waals surface area contributed by atoms with Gasteiger partial charge in [-0.05, 0) is 25.3 Å². The van der Waals surface area contributed by atoms with Crippen LogP contribution in [-0.4, -0.2) is 49.5 Å². The van der Waals surface area contributed by atoms with E-state index in [2.05, 4.69) is 25.3 Å². The topological polar surface area (TPSA) is 67.8 Å². The molecule has 1 fully saturated rings. The van der Waals surface area contributed by atoms with Crippen LogP contribution in [0.3, 0.4) is 0 Å². The molecular formula is C16H23F3N4O2. The molecule has 0 bridgehead atoms. The van der Waals surface area contributed by atoms with Gasteiger partial charge in [-0.25, -0.2) is 9.98 Å². The number of pyridine rings is 1. The van der Waals surface area contributed by atoms with E-state index >= 15 is 0 Å². The number of ether oxygens (including phenoxy) is 2. The average molecular weight is 360 g/mol. The number of aliphatic imine (C=N–C) groups is 1. The van der Waals surface area contributed by atoms with E-state index in [1.165, 1.54) is 12.3 Å². The van der Waals surface area contributed by atoms with Crippen LogP contribution >= 0.6 is 0 Å². The van der Waals surface area contributed by atoms with Gasteiger partial charge in [-0.1, -0.05) is 6.07 Å². The molecule has 6 nitrogen and oxygen atoms in total. The van der Waals surface area contributed by atoms with E-state index in [1.807, 2.05) is 6.92 Å². The highest BCUT2D eigenvalue weighted by Gasteiger charge is 2.28. The summed E-state index contributed by atoms with van der Waals surface area (Å²) in [6.07, 6.45) is -0.598. The molecule has 1 unspecified atom stereocenters. The maximum Gasteiger partial charge on any atom is 0.422 e. The fourth-order valence-corrected chi connectivity index (χ4v) is 2.27. The van der Waals surface area contributed by atoms with Gasteiger partial charge in [0.2, 0.25) is 5.88 Å². The summed E-state index contributed by atoms with van der Waals surface area (Å²) in [7, 11) is 0. The van der Waals surface area contributed by atoms with Crippen LogP contribution in [0, 0.1) is 0 Å². The lowest BCUT2D eigenvalue weighted by atomic mass is 10.2. The van der Waals surface area contributed by atoms with E-state index < -0.39 is 12.8 Å². The Balaban J connectivity index is 1.83. The zero-order valence-electron chi connectivity index (χ0n) is 14.1. The van der Waals surface area contributed by atoms with Crippen LogP contribution in [0.5, 0.6) is 5.88 Å². The van der Waals surface area contributed by atoms with Crippen molar-refractivity contribution in [3.8, 4) is 5.88 Å². The number of nitrogens with zero attached hydrogens (tertiary/aromatic N) is 2. The van der Waals surface area contributed by atoms with Crippen molar-refractivity contribution >= 4 is 5.96 Å². The van der Waals surface area contributed by atoms with Gasteiger partial charge in [-0.15, -0.1) is 0 Å². The monoisotopic (exact) mass is 360 g/mol. The van der Waals surface area contributed by atoms with Crippen molar-refractivity contribution in [2.45, 2.75) is 38.6 Å². The molecule has 2 rings (SSSR count). The standard InChI is InChI=1S/C16H23F3N4O2/c1-2-20-15(23-10-13-4-3-7-24-13)22-9-12-5-6-14(21-8-12)25-11-16(17,18)19/h5-6,8,13H,2-4,7,9-11H2,1H3,(H2,20,22,23). The van der Waals surface area contributed by atoms with Crippen LogP contribution in [-0.2, 0) is 11.3 Å². The normalized spacial score (nSPS) is 18.2. The summed E-state index contributed by atoms with van der Waals surface area (Å²) >= 11 is 0. The van der Waals surface area contributed by atoms with Crippen LogP contribution in [0.4, 0.5) is 13.2 Å². The quantitative estimate of drug-likeness (QED) is 0.577. The average Bonchev–Trinajstić information content (AvgIpc) is 3.09. The minimum absolute atomic E-state index is 0.0616. The van der Waals surface area contributed by atoms with E-state index in [0.717, 1.165) is 31.6 Å². The molecule has 0 aliphatic carbocycles. The third kappa shape index (κ3) is 7.59. The number of aromatic nitrogens is 1. The van der Waals surface area contributed by atoms with Crippen molar-refractivity contribution in [3.05, 3.63) is 23.9 Å². The zero-order chi connectivity index (χ0) is 18.1. The molecule has 1 atom stereocenters. The van der Waals surface area contributed by atoms with Gasteiger partial charge in [0.05, 0.1) is 12.6 Å². The number of rotatable bonds is 7. The molecular weight excluding hydrogens is 337 g/mol. The van der Waals surface area contributed by atoms with Crippen LogP contribution in [0.2, 0.25) is 0 Å². The summed E-state index contributed by atoms with van der Waals surface area (Å²) in [6, 6.07) is 3.05. The van der Waals surface area contributed by atoms with Gasteiger partial charge in [0.1, 0.15) is 0 Å². The van der Waals surface area contributed by atoms with Crippen LogP contribution in [0.25, 0.3) is 0 Å². The third-order valence-electron chi connectivity index (χ3n) is 3.47. The van der Waals surface area contributed by atoms with Gasteiger partial charge in [0.15, 0.2) is 12.6 Å². The number of hydrogen-bond acceptors (Lipinski definition) is 4. The number of nitrogens with one attached hydrogen (secondary N) is 2. The molecule has 1 saturated heterocycles. The first kappa shape index (κ1) is 19.3. The fraction of sp³-hybridized carbons (Fsp3) is 0.625. The molecule has 0 radical (unpaired) electrons. The molecule has 2 N–H and O–H groups in total. The Hall–Kier alpha value is -2.03. The molecule has 140 valence electrons. The minimum atomic E-state index is -4.37. The number of guanidine groups is 1. The highest BCUT2D eigenvalue weighted by atomic mass is 19.4. The Morgan fingerprint density at radius 2 is 2.24 bits per heavy atom. The van der Waals surface area contributed by atoms with Gasteiger partial charge >= 0.3 is 6.18 Å². The van der Waals surface area contributed by atoms with Crippen LogP contribution < -0.4 is 15.4 Å². The molecule has 0 spiro atoms. The van der Waals surface area contributed by atoms with Crippen molar-refractivity contribution in [1.29, 1.82) is 0 Å². The van der Waals surface area contributed by atoms with Crippen molar-refractivity contribution < 1.29 is 22.6 Å². The zero-order valence-corrected chi connectivity index (χ0v) is 14.1. The van der Waals surface area contributed by atoms with Gasteiger partial charge in [-0.2, -0.15) is 13.2 Å². The summed E-state index contributed by atoms with van der Waals surface area (Å²) in [5.41, 5.74) is 0.772. The predicted octanol–water partition coefficient (Wildman–Crippen LogP) is 2.26. The Bertz CT molecular complexity index is 543. The van der Waals surface area contributed by atoms with Crippen molar-refractivity contribution in [2.24, 2.45) is 4.99 Å². The highest BCUT2D eigenvalue weighted by molar-refractivity contribution is 5.79. The summed E-state index contributed by atoms with van der Waals surface area (Å²) < 4.78 is 46.4. The SMILES string of the molecule is CCNC(=NCc1ccc(OCC(F)(F)F)nc1)NCC1CCCO1. The molecule has 0 saturated carbocycles. The molecule has 2 heterocycles. The van der Waals surface area contributed by atoms with E-state index in [-0.39, 0.29) is 12.0 Å². The van der Waals surface area contributed by atoms with Crippen LogP contribution in [0.1, 0.15) is 25.3 Å². The van der Waals surface area contributed by atoms with E-state index in [0.29, 0.717) is 19.0 Å². The van der Waals surface area contributed by atoms with Crippen LogP contribution in [0.15, 0.2) is 23.3 Å². The molecule has 0 aromatic carbocycles. The second-order valence-electron chi connectivity index (χ2n) is 5.62. The largest absolute Gasteiger partial charge is 0.468 e. The first-order valence-electron chi connectivity index (χ1n) is 8.24. The van der Waals surface area contributed by atoms with Crippen molar-refractivity contribution in [2.75, 3.05) is 26.3 Å².